The lowest BCUT2D eigenvalue weighted by molar-refractivity contribution is -0.135. The van der Waals surface area contributed by atoms with E-state index in [0.29, 0.717) is 24.5 Å². The summed E-state index contributed by atoms with van der Waals surface area (Å²) in [7, 11) is 1.54. The molecule has 0 unspecified atom stereocenters. The highest BCUT2D eigenvalue weighted by atomic mass is 16.5. The highest BCUT2D eigenvalue weighted by molar-refractivity contribution is 5.77. The second kappa shape index (κ2) is 8.04. The van der Waals surface area contributed by atoms with Gasteiger partial charge < -0.3 is 19.5 Å². The fourth-order valence-corrected chi connectivity index (χ4v) is 3.79. The van der Waals surface area contributed by atoms with Crippen molar-refractivity contribution in [2.24, 2.45) is 0 Å². The number of methoxy groups -OCH3 is 1. The highest BCUT2D eigenvalue weighted by Gasteiger charge is 2.30. The number of carbonyl (C=O) groups is 1. The summed E-state index contributed by atoms with van der Waals surface area (Å²) in [6.45, 7) is 2.52. The monoisotopic (exact) mass is 371 g/mol. The summed E-state index contributed by atoms with van der Waals surface area (Å²) >= 11 is 0. The maximum Gasteiger partial charge on any atom is 0.254 e. The topological polar surface area (TPSA) is 93.4 Å². The number of fused-ring (bicyclic) bond motifs is 1. The number of nitrogens with one attached hydrogen (secondary N) is 1. The SMILES string of the molecule is COc1cc(CCC(=O)N2CCCC[C@@H]2c2ncc3c(n2)CCNC3)on1. The standard InChI is InChI=1S/C19H25N5O3/c1-26-17-10-14(27-23-17)5-6-18(25)24-9-3-2-4-16(24)19-21-12-13-11-20-8-7-15(13)22-19/h10,12,16,20H,2-9,11H2,1H3/t16-/m1/s1. The summed E-state index contributed by atoms with van der Waals surface area (Å²) in [4.78, 5) is 24.2. The Labute approximate surface area is 158 Å². The van der Waals surface area contributed by atoms with E-state index >= 15 is 0 Å². The number of nitrogens with zero attached hydrogens (tertiary/aromatic N) is 4. The van der Waals surface area contributed by atoms with Crippen molar-refractivity contribution in [3.05, 3.63) is 35.1 Å². The van der Waals surface area contributed by atoms with Crippen LogP contribution in [0, 0.1) is 0 Å². The molecule has 1 fully saturated rings. The summed E-state index contributed by atoms with van der Waals surface area (Å²) in [6, 6.07) is 1.69. The molecular formula is C19H25N5O3. The first-order valence-corrected chi connectivity index (χ1v) is 9.59. The third-order valence-electron chi connectivity index (χ3n) is 5.28. The molecule has 2 aromatic rings. The molecule has 2 aliphatic rings. The van der Waals surface area contributed by atoms with Crippen molar-refractivity contribution in [2.45, 2.75) is 51.1 Å². The summed E-state index contributed by atoms with van der Waals surface area (Å²) < 4.78 is 10.2. The number of ether oxygens (including phenoxy) is 1. The van der Waals surface area contributed by atoms with Crippen molar-refractivity contribution in [3.8, 4) is 5.88 Å². The van der Waals surface area contributed by atoms with Gasteiger partial charge in [0.25, 0.3) is 5.88 Å². The van der Waals surface area contributed by atoms with Gasteiger partial charge in [-0.15, -0.1) is 0 Å². The molecule has 0 bridgehead atoms. The third kappa shape index (κ3) is 3.95. The fraction of sp³-hybridized carbons (Fsp3) is 0.579. The number of likely N-dealkylation sites (tertiary alicyclic amines) is 1. The minimum absolute atomic E-state index is 0.0318. The van der Waals surface area contributed by atoms with E-state index < -0.39 is 0 Å². The minimum atomic E-state index is -0.0318. The molecule has 2 aliphatic heterocycles. The van der Waals surface area contributed by atoms with Gasteiger partial charge in [-0.05, 0) is 24.4 Å². The van der Waals surface area contributed by atoms with Gasteiger partial charge >= 0.3 is 0 Å². The van der Waals surface area contributed by atoms with Crippen molar-refractivity contribution < 1.29 is 14.1 Å². The molecule has 0 radical (unpaired) electrons. The molecule has 144 valence electrons. The van der Waals surface area contributed by atoms with Crippen LogP contribution in [0.25, 0.3) is 0 Å². The molecule has 0 spiro atoms. The van der Waals surface area contributed by atoms with Gasteiger partial charge in [-0.25, -0.2) is 9.97 Å². The Morgan fingerprint density at radius 3 is 3.22 bits per heavy atom. The van der Waals surface area contributed by atoms with Gasteiger partial charge in [-0.2, -0.15) is 0 Å². The van der Waals surface area contributed by atoms with Crippen molar-refractivity contribution >= 4 is 5.91 Å². The van der Waals surface area contributed by atoms with Crippen LogP contribution in [0.5, 0.6) is 5.88 Å². The Morgan fingerprint density at radius 1 is 1.44 bits per heavy atom. The number of hydrogen-bond acceptors (Lipinski definition) is 7. The van der Waals surface area contributed by atoms with Crippen LogP contribution < -0.4 is 10.1 Å². The number of aromatic nitrogens is 3. The zero-order valence-corrected chi connectivity index (χ0v) is 15.6. The van der Waals surface area contributed by atoms with E-state index in [0.717, 1.165) is 62.4 Å². The molecule has 1 N–H and O–H groups in total. The van der Waals surface area contributed by atoms with Crippen LogP contribution in [0.1, 0.15) is 54.6 Å². The molecule has 0 aromatic carbocycles. The van der Waals surface area contributed by atoms with Gasteiger partial charge in [-0.1, -0.05) is 0 Å². The number of rotatable bonds is 5. The zero-order valence-electron chi connectivity index (χ0n) is 15.6. The number of hydrogen-bond donors (Lipinski definition) is 1. The van der Waals surface area contributed by atoms with Crippen molar-refractivity contribution in [1.29, 1.82) is 0 Å². The second-order valence-electron chi connectivity index (χ2n) is 7.06. The first kappa shape index (κ1) is 17.9. The van der Waals surface area contributed by atoms with E-state index in [1.165, 1.54) is 0 Å². The smallest absolute Gasteiger partial charge is 0.254 e. The molecule has 0 saturated carbocycles. The minimum Gasteiger partial charge on any atom is -0.479 e. The van der Waals surface area contributed by atoms with Crippen molar-refractivity contribution in [1.82, 2.24) is 25.3 Å². The van der Waals surface area contributed by atoms with E-state index in [1.807, 2.05) is 11.1 Å². The Hall–Kier alpha value is -2.48. The van der Waals surface area contributed by atoms with Crippen molar-refractivity contribution in [2.75, 3.05) is 20.2 Å². The van der Waals surface area contributed by atoms with Gasteiger partial charge in [-0.3, -0.25) is 4.79 Å². The van der Waals surface area contributed by atoms with Crippen LogP contribution in [0.3, 0.4) is 0 Å². The zero-order chi connectivity index (χ0) is 18.6. The Bertz CT molecular complexity index is 806. The summed E-state index contributed by atoms with van der Waals surface area (Å²) in [5.74, 6) is 1.99. The quantitative estimate of drug-likeness (QED) is 0.856. The van der Waals surface area contributed by atoms with E-state index in [1.54, 1.807) is 13.2 Å². The maximum absolute atomic E-state index is 12.9. The van der Waals surface area contributed by atoms with E-state index in [-0.39, 0.29) is 11.9 Å². The lowest BCUT2D eigenvalue weighted by Gasteiger charge is -2.35. The predicted molar refractivity (Wildman–Crippen MR) is 97.1 cm³/mol. The molecule has 4 heterocycles. The molecule has 2 aromatic heterocycles. The molecule has 1 saturated heterocycles. The Kier molecular flexibility index (Phi) is 5.33. The molecule has 1 amide bonds. The summed E-state index contributed by atoms with van der Waals surface area (Å²) in [5, 5.41) is 7.12. The van der Waals surface area contributed by atoms with Crippen LogP contribution in [0.15, 0.2) is 16.8 Å². The molecule has 8 heteroatoms. The number of carbonyl (C=O) groups excluding carboxylic acids is 1. The van der Waals surface area contributed by atoms with Crippen LogP contribution in [0.4, 0.5) is 0 Å². The lowest BCUT2D eigenvalue weighted by Crippen LogP contribution is -2.39. The maximum atomic E-state index is 12.9. The van der Waals surface area contributed by atoms with Crippen LogP contribution in [-0.4, -0.2) is 46.1 Å². The Morgan fingerprint density at radius 2 is 2.37 bits per heavy atom. The largest absolute Gasteiger partial charge is 0.479 e. The summed E-state index contributed by atoms with van der Waals surface area (Å²) in [6.07, 6.45) is 6.75. The van der Waals surface area contributed by atoms with Gasteiger partial charge in [0.2, 0.25) is 5.91 Å². The first-order valence-electron chi connectivity index (χ1n) is 9.59. The number of amides is 1. The van der Waals surface area contributed by atoms with Gasteiger partial charge in [0.05, 0.1) is 13.2 Å². The van der Waals surface area contributed by atoms with Crippen LogP contribution in [0.2, 0.25) is 0 Å². The number of piperidine rings is 1. The van der Waals surface area contributed by atoms with Gasteiger partial charge in [0.1, 0.15) is 5.76 Å². The van der Waals surface area contributed by atoms with Gasteiger partial charge in [0, 0.05) is 62.4 Å². The first-order chi connectivity index (χ1) is 13.2. The van der Waals surface area contributed by atoms with Crippen LogP contribution in [-0.2, 0) is 24.2 Å². The lowest BCUT2D eigenvalue weighted by atomic mass is 9.99. The third-order valence-corrected chi connectivity index (χ3v) is 5.28. The normalized spacial score (nSPS) is 19.6. The molecule has 27 heavy (non-hydrogen) atoms. The molecule has 4 rings (SSSR count). The summed E-state index contributed by atoms with van der Waals surface area (Å²) in [5.41, 5.74) is 2.28. The Balaban J connectivity index is 1.46. The number of aryl methyl sites for hydroxylation is 1. The highest BCUT2D eigenvalue weighted by Crippen LogP contribution is 2.30. The predicted octanol–water partition coefficient (Wildman–Crippen LogP) is 1.81. The van der Waals surface area contributed by atoms with E-state index in [2.05, 4.69) is 15.5 Å². The fourth-order valence-electron chi connectivity index (χ4n) is 3.79. The molecule has 1 atom stereocenters. The average molecular weight is 371 g/mol. The molecular weight excluding hydrogens is 346 g/mol. The molecule has 0 aliphatic carbocycles. The van der Waals surface area contributed by atoms with Gasteiger partial charge in [0.15, 0.2) is 5.82 Å². The van der Waals surface area contributed by atoms with E-state index in [9.17, 15) is 4.79 Å². The van der Waals surface area contributed by atoms with Crippen molar-refractivity contribution in [3.63, 3.8) is 0 Å². The molecule has 8 nitrogen and oxygen atoms in total. The second-order valence-corrected chi connectivity index (χ2v) is 7.06. The van der Waals surface area contributed by atoms with E-state index in [4.69, 9.17) is 14.2 Å². The average Bonchev–Trinajstić information content (AvgIpc) is 3.20. The van der Waals surface area contributed by atoms with Crippen LogP contribution >= 0.6 is 0 Å².